The van der Waals surface area contributed by atoms with Crippen molar-refractivity contribution in [2.75, 3.05) is 13.1 Å². The summed E-state index contributed by atoms with van der Waals surface area (Å²) in [5, 5.41) is 4.41. The van der Waals surface area contributed by atoms with Gasteiger partial charge in [-0.1, -0.05) is 0 Å². The third-order valence-electron chi connectivity index (χ3n) is 4.46. The minimum Gasteiger partial charge on any atom is -0.351 e. The Morgan fingerprint density at radius 3 is 2.86 bits per heavy atom. The molecular weight excluding hydrogens is 276 g/mol. The van der Waals surface area contributed by atoms with Gasteiger partial charge < -0.3 is 9.47 Å². The summed E-state index contributed by atoms with van der Waals surface area (Å²) in [5.74, 6) is 0.245. The first kappa shape index (κ1) is 14.9. The molecule has 0 radical (unpaired) electrons. The van der Waals surface area contributed by atoms with E-state index < -0.39 is 0 Å². The van der Waals surface area contributed by atoms with Crippen molar-refractivity contribution in [2.45, 2.75) is 45.2 Å². The third-order valence-corrected chi connectivity index (χ3v) is 4.46. The summed E-state index contributed by atoms with van der Waals surface area (Å²) in [6, 6.07) is 4.51. The first-order chi connectivity index (χ1) is 10.6. The Kier molecular flexibility index (Phi) is 4.32. The monoisotopic (exact) mass is 300 g/mol. The summed E-state index contributed by atoms with van der Waals surface area (Å²) in [6.45, 7) is 5.79. The van der Waals surface area contributed by atoms with Crippen LogP contribution in [0.3, 0.4) is 0 Å². The van der Waals surface area contributed by atoms with E-state index in [2.05, 4.69) is 22.8 Å². The van der Waals surface area contributed by atoms with E-state index in [1.54, 1.807) is 0 Å². The molecule has 2 aromatic heterocycles. The second-order valence-electron chi connectivity index (χ2n) is 6.32. The van der Waals surface area contributed by atoms with E-state index in [-0.39, 0.29) is 11.9 Å². The van der Waals surface area contributed by atoms with Crippen LogP contribution >= 0.6 is 0 Å². The Morgan fingerprint density at radius 2 is 2.18 bits per heavy atom. The smallest absolute Gasteiger partial charge is 0.224 e. The van der Waals surface area contributed by atoms with Crippen LogP contribution in [-0.2, 0) is 4.79 Å². The number of hydrogen-bond donors (Lipinski definition) is 0. The molecule has 1 fully saturated rings. The molecule has 1 saturated heterocycles. The van der Waals surface area contributed by atoms with E-state index in [0.717, 1.165) is 25.9 Å². The molecule has 3 rings (SSSR count). The predicted octanol–water partition coefficient (Wildman–Crippen LogP) is 2.81. The number of hydrogen-bond acceptors (Lipinski definition) is 2. The highest BCUT2D eigenvalue weighted by Gasteiger charge is 2.26. The van der Waals surface area contributed by atoms with Gasteiger partial charge in [-0.15, -0.1) is 0 Å². The van der Waals surface area contributed by atoms with Crippen molar-refractivity contribution < 1.29 is 4.79 Å². The molecule has 3 heterocycles. The standard InChI is InChI=1S/C17H24N4O/c1-14-11-18-21(12-14)16-6-5-9-20(13-16)17(22)10-15(2)19-7-3-4-8-19/h3-4,7-8,11-12,15-16H,5-6,9-10,13H2,1-2H3/t15-,16-/m1/s1. The second-order valence-corrected chi connectivity index (χ2v) is 6.32. The Labute approximate surface area is 131 Å². The number of piperidine rings is 1. The van der Waals surface area contributed by atoms with Crippen molar-refractivity contribution in [1.82, 2.24) is 19.2 Å². The second kappa shape index (κ2) is 6.38. The van der Waals surface area contributed by atoms with E-state index in [1.165, 1.54) is 5.56 Å². The van der Waals surface area contributed by atoms with Crippen LogP contribution in [0, 0.1) is 6.92 Å². The normalized spacial score (nSPS) is 20.1. The maximum Gasteiger partial charge on any atom is 0.224 e. The number of aryl methyl sites for hydroxylation is 1. The lowest BCUT2D eigenvalue weighted by atomic mass is 10.0. The van der Waals surface area contributed by atoms with Crippen molar-refractivity contribution in [2.24, 2.45) is 0 Å². The summed E-state index contributed by atoms with van der Waals surface area (Å²) in [7, 11) is 0. The average Bonchev–Trinajstić information content (AvgIpc) is 3.18. The number of carbonyl (C=O) groups is 1. The van der Waals surface area contributed by atoms with Gasteiger partial charge in [0.05, 0.1) is 12.2 Å². The van der Waals surface area contributed by atoms with Gasteiger partial charge in [0.2, 0.25) is 5.91 Å². The number of aromatic nitrogens is 3. The van der Waals surface area contributed by atoms with E-state index in [4.69, 9.17) is 0 Å². The van der Waals surface area contributed by atoms with Crippen LogP contribution in [-0.4, -0.2) is 38.2 Å². The molecule has 2 aromatic rings. The first-order valence-corrected chi connectivity index (χ1v) is 8.04. The molecule has 0 unspecified atom stereocenters. The highest BCUT2D eigenvalue weighted by atomic mass is 16.2. The molecule has 5 nitrogen and oxygen atoms in total. The topological polar surface area (TPSA) is 43.1 Å². The summed E-state index contributed by atoms with van der Waals surface area (Å²) < 4.78 is 4.11. The minimum atomic E-state index is 0.204. The van der Waals surface area contributed by atoms with Crippen LogP contribution in [0.4, 0.5) is 0 Å². The fourth-order valence-electron chi connectivity index (χ4n) is 3.16. The van der Waals surface area contributed by atoms with Gasteiger partial charge in [-0.25, -0.2) is 0 Å². The number of rotatable bonds is 4. The zero-order valence-electron chi connectivity index (χ0n) is 13.4. The van der Waals surface area contributed by atoms with Gasteiger partial charge >= 0.3 is 0 Å². The predicted molar refractivity (Wildman–Crippen MR) is 85.6 cm³/mol. The summed E-state index contributed by atoms with van der Waals surface area (Å²) in [4.78, 5) is 14.6. The molecule has 0 N–H and O–H groups in total. The van der Waals surface area contributed by atoms with Gasteiger partial charge in [-0.2, -0.15) is 5.10 Å². The van der Waals surface area contributed by atoms with Gasteiger partial charge in [0.25, 0.3) is 0 Å². The minimum absolute atomic E-state index is 0.204. The van der Waals surface area contributed by atoms with Gasteiger partial charge in [0.1, 0.15) is 0 Å². The van der Waals surface area contributed by atoms with Gasteiger partial charge in [-0.05, 0) is 44.4 Å². The zero-order chi connectivity index (χ0) is 15.5. The van der Waals surface area contributed by atoms with Crippen molar-refractivity contribution in [1.29, 1.82) is 0 Å². The maximum atomic E-state index is 12.6. The van der Waals surface area contributed by atoms with Gasteiger partial charge in [0.15, 0.2) is 0 Å². The zero-order valence-corrected chi connectivity index (χ0v) is 13.4. The lowest BCUT2D eigenvalue weighted by Crippen LogP contribution is -2.41. The molecule has 0 saturated carbocycles. The van der Waals surface area contributed by atoms with Gasteiger partial charge in [-0.3, -0.25) is 9.48 Å². The number of nitrogens with zero attached hydrogens (tertiary/aromatic N) is 4. The molecule has 5 heteroatoms. The number of carbonyl (C=O) groups excluding carboxylic acids is 1. The SMILES string of the molecule is Cc1cnn([C@@H]2CCCN(C(=O)C[C@@H](C)n3cccc3)C2)c1. The molecular formula is C17H24N4O. The van der Waals surface area contributed by atoms with Crippen molar-refractivity contribution >= 4 is 5.91 Å². The number of likely N-dealkylation sites (tertiary alicyclic amines) is 1. The lowest BCUT2D eigenvalue weighted by Gasteiger charge is -2.33. The van der Waals surface area contributed by atoms with Crippen molar-refractivity contribution in [3.63, 3.8) is 0 Å². The molecule has 0 bridgehead atoms. The Morgan fingerprint density at radius 1 is 1.41 bits per heavy atom. The lowest BCUT2D eigenvalue weighted by molar-refractivity contribution is -0.133. The third kappa shape index (κ3) is 3.24. The van der Waals surface area contributed by atoms with E-state index >= 15 is 0 Å². The largest absolute Gasteiger partial charge is 0.351 e. The molecule has 1 aliphatic heterocycles. The highest BCUT2D eigenvalue weighted by Crippen LogP contribution is 2.23. The van der Waals surface area contributed by atoms with Crippen LogP contribution in [0.15, 0.2) is 36.9 Å². The fourth-order valence-corrected chi connectivity index (χ4v) is 3.16. The van der Waals surface area contributed by atoms with Crippen molar-refractivity contribution in [3.05, 3.63) is 42.5 Å². The van der Waals surface area contributed by atoms with Crippen molar-refractivity contribution in [3.8, 4) is 0 Å². The first-order valence-electron chi connectivity index (χ1n) is 8.04. The Hall–Kier alpha value is -2.04. The molecule has 22 heavy (non-hydrogen) atoms. The van der Waals surface area contributed by atoms with Crippen LogP contribution in [0.1, 0.15) is 43.8 Å². The van der Waals surface area contributed by atoms with Crippen LogP contribution < -0.4 is 0 Å². The molecule has 0 spiro atoms. The van der Waals surface area contributed by atoms with E-state index in [9.17, 15) is 4.79 Å². The number of amides is 1. The Bertz CT molecular complexity index is 616. The maximum absolute atomic E-state index is 12.6. The van der Waals surface area contributed by atoms with Crippen LogP contribution in [0.25, 0.3) is 0 Å². The molecule has 0 aliphatic carbocycles. The highest BCUT2D eigenvalue weighted by molar-refractivity contribution is 5.76. The fraction of sp³-hybridized carbons (Fsp3) is 0.529. The van der Waals surface area contributed by atoms with Gasteiger partial charge in [0, 0.05) is 44.1 Å². The quantitative estimate of drug-likeness (QED) is 0.871. The Balaban J connectivity index is 1.60. The molecule has 1 amide bonds. The van der Waals surface area contributed by atoms with Crippen LogP contribution in [0.5, 0.6) is 0 Å². The average molecular weight is 300 g/mol. The molecule has 2 atom stereocenters. The summed E-state index contributed by atoms with van der Waals surface area (Å²) in [6.07, 6.45) is 10.7. The molecule has 0 aromatic carbocycles. The summed E-state index contributed by atoms with van der Waals surface area (Å²) in [5.41, 5.74) is 1.17. The van der Waals surface area contributed by atoms with Crippen LogP contribution in [0.2, 0.25) is 0 Å². The van der Waals surface area contributed by atoms with E-state index in [0.29, 0.717) is 12.5 Å². The van der Waals surface area contributed by atoms with E-state index in [1.807, 2.05) is 47.2 Å². The molecule has 1 aliphatic rings. The molecule has 118 valence electrons. The summed E-state index contributed by atoms with van der Waals surface area (Å²) >= 11 is 0.